The molecule has 1 amide bonds. The highest BCUT2D eigenvalue weighted by Gasteiger charge is 2.66. The van der Waals surface area contributed by atoms with Crippen LogP contribution in [-0.2, 0) is 36.5 Å². The van der Waals surface area contributed by atoms with Crippen LogP contribution in [0.5, 0.6) is 0 Å². The van der Waals surface area contributed by atoms with Crippen LogP contribution in [0.3, 0.4) is 0 Å². The van der Waals surface area contributed by atoms with Crippen LogP contribution in [0.2, 0.25) is 0 Å². The number of ether oxygens (including phenoxy) is 1. The number of nitro benzene ring substituents is 1. The van der Waals surface area contributed by atoms with E-state index in [4.69, 9.17) is 4.74 Å². The number of benzene rings is 1. The highest BCUT2D eigenvalue weighted by Crippen LogP contribution is 2.46. The van der Waals surface area contributed by atoms with E-state index in [1.807, 2.05) is 0 Å². The van der Waals surface area contributed by atoms with Gasteiger partial charge in [-0.05, 0) is 44.5 Å². The minimum atomic E-state index is -1.59. The largest absolute Gasteiger partial charge is 0.459 e. The van der Waals surface area contributed by atoms with Crippen molar-refractivity contribution in [3.63, 3.8) is 0 Å². The fourth-order valence-electron chi connectivity index (χ4n) is 3.35. The van der Waals surface area contributed by atoms with Gasteiger partial charge in [0.25, 0.3) is 11.6 Å². The number of β-lactam (4-membered cyclic amide) rings is 1. The van der Waals surface area contributed by atoms with Gasteiger partial charge in [-0.25, -0.2) is 4.79 Å². The molecule has 10 heteroatoms. The van der Waals surface area contributed by atoms with Crippen molar-refractivity contribution in [2.45, 2.75) is 43.5 Å². The summed E-state index contributed by atoms with van der Waals surface area (Å²) in [5.41, 5.74) is 0.602. The topological polar surface area (TPSA) is 124 Å². The number of nitrogens with zero attached hydrogens (tertiary/aromatic N) is 2. The Labute approximate surface area is 162 Å². The summed E-state index contributed by atoms with van der Waals surface area (Å²) < 4.78 is 17.0. The van der Waals surface area contributed by atoms with E-state index < -0.39 is 43.8 Å². The number of hydrogen-bond acceptors (Lipinski definition) is 7. The number of hydrogen-bond donors (Lipinski definition) is 0. The van der Waals surface area contributed by atoms with Crippen LogP contribution in [0.15, 0.2) is 35.9 Å². The summed E-state index contributed by atoms with van der Waals surface area (Å²) in [5.74, 6) is -1.55. The van der Waals surface area contributed by atoms with Crippen molar-refractivity contribution in [3.05, 3.63) is 51.6 Å². The number of carbonyl (C=O) groups excluding carboxylic acids is 3. The molecule has 2 aliphatic heterocycles. The van der Waals surface area contributed by atoms with E-state index in [9.17, 15) is 28.7 Å². The Bertz CT molecular complexity index is 936. The average molecular weight is 406 g/mol. The quantitative estimate of drug-likeness (QED) is 0.237. The Kier molecular flexibility index (Phi) is 4.92. The molecule has 28 heavy (non-hydrogen) atoms. The van der Waals surface area contributed by atoms with Gasteiger partial charge in [0, 0.05) is 12.1 Å². The SMILES string of the molecule is CC(=O)/C=C1/C(=O)N2[C@@H]1S(=O)C(C)(C)[C@@H]2C(=O)OCc1ccc([N+](=O)[O-])cc1. The lowest BCUT2D eigenvalue weighted by Crippen LogP contribution is -2.59. The lowest BCUT2D eigenvalue weighted by molar-refractivity contribution is -0.384. The molecule has 148 valence electrons. The lowest BCUT2D eigenvalue weighted by atomic mass is 9.95. The normalized spacial score (nSPS) is 26.5. The van der Waals surface area contributed by atoms with Crippen molar-refractivity contribution in [1.82, 2.24) is 4.90 Å². The molecule has 2 heterocycles. The molecule has 3 rings (SSSR count). The van der Waals surface area contributed by atoms with E-state index in [2.05, 4.69) is 0 Å². The van der Waals surface area contributed by atoms with Gasteiger partial charge in [0.05, 0.1) is 26.0 Å². The molecule has 0 saturated carbocycles. The van der Waals surface area contributed by atoms with Crippen LogP contribution in [0.25, 0.3) is 0 Å². The van der Waals surface area contributed by atoms with Gasteiger partial charge in [-0.2, -0.15) is 0 Å². The van der Waals surface area contributed by atoms with Crippen LogP contribution in [0.1, 0.15) is 26.3 Å². The van der Waals surface area contributed by atoms with Crippen molar-refractivity contribution in [1.29, 1.82) is 0 Å². The summed E-state index contributed by atoms with van der Waals surface area (Å²) in [6, 6.07) is 4.48. The predicted octanol–water partition coefficient (Wildman–Crippen LogP) is 1.23. The third-order valence-electron chi connectivity index (χ3n) is 4.77. The number of non-ortho nitro benzene ring substituents is 1. The summed E-state index contributed by atoms with van der Waals surface area (Å²) in [6.07, 6.45) is 1.15. The number of allylic oxidation sites excluding steroid dienone is 1. The summed E-state index contributed by atoms with van der Waals surface area (Å²) in [7, 11) is -1.59. The van der Waals surface area contributed by atoms with Crippen LogP contribution < -0.4 is 0 Å². The maximum Gasteiger partial charge on any atom is 0.330 e. The molecule has 2 saturated heterocycles. The van der Waals surface area contributed by atoms with Gasteiger partial charge in [-0.15, -0.1) is 0 Å². The molecule has 0 radical (unpaired) electrons. The minimum Gasteiger partial charge on any atom is -0.459 e. The predicted molar refractivity (Wildman–Crippen MR) is 98.3 cm³/mol. The molecule has 3 atom stereocenters. The average Bonchev–Trinajstić information content (AvgIpc) is 2.82. The molecule has 9 nitrogen and oxygen atoms in total. The summed E-state index contributed by atoms with van der Waals surface area (Å²) in [5, 5.41) is 9.88. The van der Waals surface area contributed by atoms with Gasteiger partial charge in [-0.1, -0.05) is 0 Å². The Morgan fingerprint density at radius 1 is 1.32 bits per heavy atom. The maximum absolute atomic E-state index is 12.8. The molecular weight excluding hydrogens is 388 g/mol. The molecule has 0 aromatic heterocycles. The zero-order valence-electron chi connectivity index (χ0n) is 15.4. The van der Waals surface area contributed by atoms with Gasteiger partial charge < -0.3 is 9.64 Å². The standard InChI is InChI=1S/C18H18N2O7S/c1-10(21)8-13-15(22)19-14(18(2,3)28(26)16(13)19)17(23)27-9-11-4-6-12(7-5-11)20(24)25/h4-8,14,16H,9H2,1-3H3/b13-8-/t14-,16+,28?/m0/s1. The monoisotopic (exact) mass is 406 g/mol. The van der Waals surface area contributed by atoms with Crippen molar-refractivity contribution in [2.24, 2.45) is 0 Å². The Morgan fingerprint density at radius 2 is 1.93 bits per heavy atom. The van der Waals surface area contributed by atoms with Gasteiger partial charge in [0.2, 0.25) is 0 Å². The second-order valence-electron chi connectivity index (χ2n) is 7.11. The van der Waals surface area contributed by atoms with Crippen molar-refractivity contribution < 1.29 is 28.3 Å². The van der Waals surface area contributed by atoms with E-state index >= 15 is 0 Å². The van der Waals surface area contributed by atoms with Crippen LogP contribution >= 0.6 is 0 Å². The maximum atomic E-state index is 12.8. The smallest absolute Gasteiger partial charge is 0.330 e. The van der Waals surface area contributed by atoms with E-state index in [-0.39, 0.29) is 23.7 Å². The molecule has 0 N–H and O–H groups in total. The Morgan fingerprint density at radius 3 is 2.46 bits per heavy atom. The van der Waals surface area contributed by atoms with Gasteiger partial charge in [-0.3, -0.25) is 23.9 Å². The van der Waals surface area contributed by atoms with Crippen molar-refractivity contribution in [3.8, 4) is 0 Å². The number of nitro groups is 1. The second kappa shape index (κ2) is 6.93. The molecule has 0 aliphatic carbocycles. The molecule has 2 fully saturated rings. The number of ketones is 1. The first-order valence-corrected chi connectivity index (χ1v) is 9.62. The Balaban J connectivity index is 1.76. The summed E-state index contributed by atoms with van der Waals surface area (Å²) in [4.78, 5) is 47.7. The highest BCUT2D eigenvalue weighted by molar-refractivity contribution is 7.87. The molecule has 2 aliphatic rings. The zero-order chi connectivity index (χ0) is 20.8. The lowest BCUT2D eigenvalue weighted by Gasteiger charge is -2.38. The fourth-order valence-corrected chi connectivity index (χ4v) is 5.17. The first kappa shape index (κ1) is 19.9. The van der Waals surface area contributed by atoms with Gasteiger partial charge >= 0.3 is 5.97 Å². The second-order valence-corrected chi connectivity index (χ2v) is 9.20. The third-order valence-corrected chi connectivity index (χ3v) is 6.92. The molecule has 1 aromatic carbocycles. The molecule has 0 spiro atoms. The first-order valence-electron chi connectivity index (χ1n) is 8.41. The third kappa shape index (κ3) is 3.13. The highest BCUT2D eigenvalue weighted by atomic mass is 32.2. The molecular formula is C18H18N2O7S. The van der Waals surface area contributed by atoms with E-state index in [1.165, 1.54) is 36.1 Å². The zero-order valence-corrected chi connectivity index (χ0v) is 16.2. The van der Waals surface area contributed by atoms with Gasteiger partial charge in [0.1, 0.15) is 18.0 Å². The minimum absolute atomic E-state index is 0.0822. The van der Waals surface area contributed by atoms with Crippen LogP contribution in [0.4, 0.5) is 5.69 Å². The van der Waals surface area contributed by atoms with Crippen LogP contribution in [0, 0.1) is 10.1 Å². The van der Waals surface area contributed by atoms with E-state index in [1.54, 1.807) is 13.8 Å². The number of fused-ring (bicyclic) bond motifs is 1. The first-order chi connectivity index (χ1) is 13.1. The number of esters is 1. The van der Waals surface area contributed by atoms with Crippen LogP contribution in [-0.4, -0.2) is 47.9 Å². The van der Waals surface area contributed by atoms with E-state index in [0.717, 1.165) is 6.08 Å². The summed E-state index contributed by atoms with van der Waals surface area (Å²) >= 11 is 0. The number of carbonyl (C=O) groups is 3. The number of rotatable bonds is 5. The molecule has 0 bridgehead atoms. The summed E-state index contributed by atoms with van der Waals surface area (Å²) in [6.45, 7) is 4.37. The molecule has 1 unspecified atom stereocenters. The number of amides is 1. The Hall–Kier alpha value is -2.88. The van der Waals surface area contributed by atoms with E-state index in [0.29, 0.717) is 5.56 Å². The van der Waals surface area contributed by atoms with Gasteiger partial charge in [0.15, 0.2) is 5.78 Å². The van der Waals surface area contributed by atoms with Crippen molar-refractivity contribution >= 4 is 34.1 Å². The molecule has 1 aromatic rings. The van der Waals surface area contributed by atoms with Crippen molar-refractivity contribution in [2.75, 3.05) is 0 Å². The fraction of sp³-hybridized carbons (Fsp3) is 0.389.